The summed E-state index contributed by atoms with van der Waals surface area (Å²) in [5.41, 5.74) is 15.9. The first-order chi connectivity index (χ1) is 41.7. The number of quaternary nitrogens is 3. The van der Waals surface area contributed by atoms with E-state index >= 15 is 0 Å². The molecule has 22 nitrogen and oxygen atoms in total. The topological polar surface area (TPSA) is 275 Å². The SMILES string of the molecule is C.CCI.CCN(CC)CC(=O)Nc1c(C)cc([N+](=O)[O-])cc1C.CC[N+](CC)(CC)CC(=O)Nc1c(C)cc(N)cc1C.CC[N+](CC)(CC)CC(=O)Nc1c(C)cc([N+](=O)[O-])cc1C.CC[N+](CC)(CC)CC(=O)Nc1c(C)cc([N+](=O)[O-])cc1C.Cl.Cl.I.[Cl][Ag]. The molecule has 0 radical (unpaired) electrons. The second-order valence-electron chi connectivity index (χ2n) is 21.9. The first-order valence-corrected chi connectivity index (χ1v) is 33.9. The van der Waals surface area contributed by atoms with Crippen LogP contribution in [0.3, 0.4) is 0 Å². The van der Waals surface area contributed by atoms with E-state index in [1.807, 2.05) is 44.7 Å². The summed E-state index contributed by atoms with van der Waals surface area (Å²) in [6, 6.07) is 12.7. The van der Waals surface area contributed by atoms with Crippen LogP contribution in [0.25, 0.3) is 0 Å². The number of amides is 4. The van der Waals surface area contributed by atoms with Crippen LogP contribution in [-0.2, 0) is 39.2 Å². The minimum atomic E-state index is -0.429. The fourth-order valence-corrected chi connectivity index (χ4v) is 10.2. The second kappa shape index (κ2) is 51.0. The van der Waals surface area contributed by atoms with Gasteiger partial charge in [-0.2, -0.15) is 0 Å². The average Bonchev–Trinajstić information content (AvgIpc) is 0.985. The fourth-order valence-electron chi connectivity index (χ4n) is 10.2. The van der Waals surface area contributed by atoms with E-state index in [9.17, 15) is 49.5 Å². The number of hydrogen-bond acceptors (Lipinski definition) is 12. The summed E-state index contributed by atoms with van der Waals surface area (Å²) in [6.07, 6.45) is 0. The number of carbonyl (C=O) groups excluding carboxylic acids is 4. The molecule has 28 heteroatoms. The summed E-state index contributed by atoms with van der Waals surface area (Å²) in [7, 11) is 4.45. The molecule has 4 amide bonds. The van der Waals surface area contributed by atoms with Crippen LogP contribution in [0.1, 0.15) is 135 Å². The van der Waals surface area contributed by atoms with Crippen molar-refractivity contribution in [1.82, 2.24) is 4.90 Å². The summed E-state index contributed by atoms with van der Waals surface area (Å²) in [5.74, 6) is -0.128. The van der Waals surface area contributed by atoms with E-state index in [4.69, 9.17) is 5.73 Å². The molecule has 0 aliphatic rings. The molecule has 4 aromatic carbocycles. The molecule has 0 heterocycles. The van der Waals surface area contributed by atoms with Crippen LogP contribution in [0.5, 0.6) is 0 Å². The predicted molar refractivity (Wildman–Crippen MR) is 408 cm³/mol. The number of hydrogen-bond donors (Lipinski definition) is 5. The number of alkyl halides is 1. The minimum absolute atomic E-state index is 0. The van der Waals surface area contributed by atoms with Crippen molar-refractivity contribution in [3.63, 3.8) is 0 Å². The van der Waals surface area contributed by atoms with Gasteiger partial charge in [-0.3, -0.25) is 54.4 Å². The van der Waals surface area contributed by atoms with Crippen molar-refractivity contribution in [2.75, 3.05) is 130 Å². The number of likely N-dealkylation sites (N-methyl/N-ethyl adjacent to an activating group) is 4. The van der Waals surface area contributed by atoms with E-state index in [-0.39, 0.29) is 96.9 Å². The molecule has 0 spiro atoms. The summed E-state index contributed by atoms with van der Waals surface area (Å²) in [4.78, 5) is 82.3. The number of nitro benzene ring substituents is 3. The quantitative estimate of drug-likeness (QED) is 0.00747. The molecule has 0 bridgehead atoms. The summed E-state index contributed by atoms with van der Waals surface area (Å²) < 4.78 is 3.50. The number of nitro groups is 3. The Balaban J connectivity index is -0.000000261. The van der Waals surface area contributed by atoms with Gasteiger partial charge in [-0.25, -0.2) is 0 Å². The van der Waals surface area contributed by atoms with Gasteiger partial charge >= 0.3 is 29.2 Å². The van der Waals surface area contributed by atoms with Crippen LogP contribution in [0, 0.1) is 85.7 Å². The van der Waals surface area contributed by atoms with Crippen LogP contribution >= 0.6 is 80.6 Å². The van der Waals surface area contributed by atoms with E-state index < -0.39 is 14.8 Å². The third kappa shape index (κ3) is 33.9. The van der Waals surface area contributed by atoms with E-state index in [2.05, 4.69) is 142 Å². The zero-order chi connectivity index (χ0) is 69.2. The average molecular weight is 1690 g/mol. The fraction of sp³-hybridized carbons (Fsp3) is 0.569. The molecular weight excluding hydrogens is 1580 g/mol. The van der Waals surface area contributed by atoms with Gasteiger partial charge in [-0.15, -0.1) is 48.8 Å². The van der Waals surface area contributed by atoms with Crippen molar-refractivity contribution >= 4 is 150 Å². The molecule has 4 rings (SSSR count). The molecule has 93 heavy (non-hydrogen) atoms. The number of rotatable bonds is 26. The Hall–Kier alpha value is -4.33. The Bertz CT molecular complexity index is 2730. The maximum absolute atomic E-state index is 12.4. The maximum atomic E-state index is 12.4. The van der Waals surface area contributed by atoms with Crippen molar-refractivity contribution in [3.8, 4) is 0 Å². The third-order valence-electron chi connectivity index (χ3n) is 16.5. The van der Waals surface area contributed by atoms with Crippen LogP contribution in [0.4, 0.5) is 45.5 Å². The molecule has 0 aromatic heterocycles. The van der Waals surface area contributed by atoms with Gasteiger partial charge in [-0.05, 0) is 192 Å². The zero-order valence-corrected chi connectivity index (χ0v) is 66.4. The molecule has 0 unspecified atom stereocenters. The van der Waals surface area contributed by atoms with Gasteiger partial charge in [0.25, 0.3) is 34.8 Å². The number of aryl methyl sites for hydroxylation is 8. The van der Waals surface area contributed by atoms with Gasteiger partial charge in [-0.1, -0.05) is 50.8 Å². The first kappa shape index (κ1) is 99.7. The zero-order valence-electron chi connectivity index (χ0n) is 58.0. The molecule has 0 atom stereocenters. The number of nitrogens with one attached hydrogen (secondary N) is 4. The molecule has 0 fully saturated rings. The van der Waals surface area contributed by atoms with E-state index in [0.29, 0.717) is 76.6 Å². The monoisotopic (exact) mass is 1690 g/mol. The normalized spacial score (nSPS) is 10.4. The van der Waals surface area contributed by atoms with Gasteiger partial charge in [0.05, 0.1) is 80.2 Å². The van der Waals surface area contributed by atoms with Gasteiger partial charge in [0.2, 0.25) is 5.91 Å². The number of carbonyl (C=O) groups is 4. The Kier molecular flexibility index (Phi) is 54.7. The summed E-state index contributed by atoms with van der Waals surface area (Å²) in [6.45, 7) is 51.2. The van der Waals surface area contributed by atoms with Crippen molar-refractivity contribution in [2.24, 2.45) is 0 Å². The first-order valence-electron chi connectivity index (χ1n) is 30.5. The molecule has 4 aromatic rings. The number of nitrogen functional groups attached to an aromatic ring is 1. The Morgan fingerprint density at radius 1 is 0.441 bits per heavy atom. The van der Waals surface area contributed by atoms with Gasteiger partial charge in [0.15, 0.2) is 19.6 Å². The van der Waals surface area contributed by atoms with Crippen molar-refractivity contribution in [2.45, 2.75) is 146 Å². The number of nitrogens with two attached hydrogens (primary N) is 1. The molecule has 0 saturated carbocycles. The number of nitrogens with zero attached hydrogens (tertiary/aromatic N) is 7. The predicted octanol–water partition coefficient (Wildman–Crippen LogP) is 15.5. The standard InChI is InChI=1S/2C16H25N3O3.C16H27N3O.C14H21N3O3.C2H5I.CH4.Ag.3ClH.HI/c2*1-6-19(7-2,8-3)11-15(20)17-16-12(4)9-14(18(21)22)10-13(16)5;1-6-19(7-2,8-3)11-15(20)18-16-12(4)9-14(17)10-13(16)5;1-5-16(6-2)9-13(18)15-14-10(3)7-12(17(19)20)8-11(14)4;1-2-3;;;;;;/h2*9-10H,6-8,11H2,1-5H3;9-10H,6-8,11,17H2,1-5H3;7-8H,5-6,9H2,1-4H3,(H,15,18);2H2,1H3;1H4;;4*1H/q;;;;;;+1;;;;/p+2. The molecule has 6 N–H and O–H groups in total. The van der Waals surface area contributed by atoms with Crippen LogP contribution in [0.15, 0.2) is 48.5 Å². The number of benzene rings is 4. The number of halogens is 5. The number of non-ortho nitro benzene ring substituents is 3. The summed E-state index contributed by atoms with van der Waals surface area (Å²) >= 11 is 4.71. The van der Waals surface area contributed by atoms with E-state index in [1.165, 1.54) is 40.8 Å². The van der Waals surface area contributed by atoms with E-state index in [1.54, 1.807) is 41.5 Å². The molecule has 536 valence electrons. The summed E-state index contributed by atoms with van der Waals surface area (Å²) in [5, 5.41) is 44.2. The van der Waals surface area contributed by atoms with Gasteiger partial charge < -0.3 is 40.4 Å². The molecule has 0 aliphatic heterocycles. The van der Waals surface area contributed by atoms with Gasteiger partial charge in [0, 0.05) is 64.8 Å². The van der Waals surface area contributed by atoms with E-state index in [0.717, 1.165) is 108 Å². The van der Waals surface area contributed by atoms with Crippen LogP contribution in [-0.4, -0.2) is 159 Å². The number of anilines is 5. The van der Waals surface area contributed by atoms with Crippen molar-refractivity contribution in [1.29, 1.82) is 0 Å². The molecule has 0 saturated heterocycles. The van der Waals surface area contributed by atoms with Crippen LogP contribution < -0.4 is 27.0 Å². The molecule has 0 aliphatic carbocycles. The molecular formula is C65H113AgCl3I2N12O10+3. The Morgan fingerprint density at radius 2 is 0.613 bits per heavy atom. The van der Waals surface area contributed by atoms with Gasteiger partial charge in [0.1, 0.15) is 0 Å². The third-order valence-corrected chi connectivity index (χ3v) is 16.5. The Morgan fingerprint density at radius 3 is 0.774 bits per heavy atom. The Labute approximate surface area is 615 Å². The second-order valence-corrected chi connectivity index (χ2v) is 23.5. The van der Waals surface area contributed by atoms with Crippen molar-refractivity contribution < 1.29 is 67.4 Å². The van der Waals surface area contributed by atoms with Crippen LogP contribution in [0.2, 0.25) is 0 Å². The van der Waals surface area contributed by atoms with Crippen molar-refractivity contribution in [3.05, 3.63) is 123 Å².